The van der Waals surface area contributed by atoms with Crippen LogP contribution in [0.4, 0.5) is 0 Å². The van der Waals surface area contributed by atoms with Crippen LogP contribution in [0.1, 0.15) is 98.3 Å². The molecule has 4 aliphatic carbocycles. The molecular weight excluding hydrogens is 388 g/mol. The lowest BCUT2D eigenvalue weighted by atomic mass is 9.44. The molecule has 3 unspecified atom stereocenters. The molecule has 4 heteroatoms. The summed E-state index contributed by atoms with van der Waals surface area (Å²) in [6.45, 7) is 8.83. The molecule has 0 aromatic carbocycles. The maximum Gasteiger partial charge on any atom is 0.193 e. The van der Waals surface area contributed by atoms with Crippen LogP contribution in [0.15, 0.2) is 0 Å². The Balaban J connectivity index is 1.58. The fourth-order valence-corrected chi connectivity index (χ4v) is 9.53. The maximum atomic E-state index is 11.4. The van der Waals surface area contributed by atoms with Crippen molar-refractivity contribution in [2.45, 2.75) is 110 Å². The summed E-state index contributed by atoms with van der Waals surface area (Å²) in [6, 6.07) is 0. The number of aliphatic hydroxyl groups excluding tert-OH is 1. The van der Waals surface area contributed by atoms with E-state index in [1.165, 1.54) is 38.5 Å². The summed E-state index contributed by atoms with van der Waals surface area (Å²) < 4.78 is 0. The van der Waals surface area contributed by atoms with Crippen LogP contribution >= 0.6 is 0 Å². The Morgan fingerprint density at radius 3 is 2.42 bits per heavy atom. The third-order valence-electron chi connectivity index (χ3n) is 10.9. The number of hydrogen-bond donors (Lipinski definition) is 3. The van der Waals surface area contributed by atoms with Crippen LogP contribution in [0.25, 0.3) is 0 Å². The minimum absolute atomic E-state index is 0.0256. The number of fused-ring (bicyclic) bond motifs is 5. The van der Waals surface area contributed by atoms with E-state index in [9.17, 15) is 20.1 Å². The minimum atomic E-state index is -2.02. The number of aldehydes is 1. The number of carbonyl (C=O) groups is 1. The molecule has 10 atom stereocenters. The van der Waals surface area contributed by atoms with Crippen LogP contribution < -0.4 is 0 Å². The molecule has 4 nitrogen and oxygen atoms in total. The average molecular weight is 435 g/mol. The van der Waals surface area contributed by atoms with Crippen LogP contribution in [0.5, 0.6) is 0 Å². The number of rotatable bonds is 6. The van der Waals surface area contributed by atoms with Crippen LogP contribution in [0.2, 0.25) is 0 Å². The Hall–Kier alpha value is -0.450. The van der Waals surface area contributed by atoms with E-state index in [1.54, 1.807) is 0 Å². The molecule has 0 aromatic heterocycles. The highest BCUT2D eigenvalue weighted by Gasteiger charge is 2.70. The second-order valence-corrected chi connectivity index (χ2v) is 12.6. The van der Waals surface area contributed by atoms with Gasteiger partial charge in [-0.1, -0.05) is 53.4 Å². The van der Waals surface area contributed by atoms with E-state index in [4.69, 9.17) is 0 Å². The monoisotopic (exact) mass is 434 g/mol. The van der Waals surface area contributed by atoms with Gasteiger partial charge in [0.05, 0.1) is 0 Å². The zero-order valence-corrected chi connectivity index (χ0v) is 20.2. The number of carbonyl (C=O) groups excluding carboxylic acids is 1. The highest BCUT2D eigenvalue weighted by molar-refractivity contribution is 5.52. The second-order valence-electron chi connectivity index (χ2n) is 12.6. The van der Waals surface area contributed by atoms with Crippen molar-refractivity contribution < 1.29 is 20.1 Å². The first-order valence-corrected chi connectivity index (χ1v) is 13.2. The topological polar surface area (TPSA) is 77.8 Å². The van der Waals surface area contributed by atoms with Gasteiger partial charge in [-0.25, -0.2) is 0 Å². The van der Waals surface area contributed by atoms with Gasteiger partial charge >= 0.3 is 0 Å². The number of aliphatic hydroxyl groups is 3. The van der Waals surface area contributed by atoms with E-state index < -0.39 is 11.9 Å². The normalized spacial score (nSPS) is 48.2. The van der Waals surface area contributed by atoms with Gasteiger partial charge in [0, 0.05) is 11.8 Å². The molecule has 0 aliphatic heterocycles. The summed E-state index contributed by atoms with van der Waals surface area (Å²) in [4.78, 5) is 11.0. The van der Waals surface area contributed by atoms with Crippen molar-refractivity contribution in [3.8, 4) is 0 Å². The summed E-state index contributed by atoms with van der Waals surface area (Å²) in [5.41, 5.74) is 0.127. The predicted molar refractivity (Wildman–Crippen MR) is 122 cm³/mol. The Labute approximate surface area is 189 Å². The Kier molecular flexibility index (Phi) is 6.42. The second kappa shape index (κ2) is 8.40. The summed E-state index contributed by atoms with van der Waals surface area (Å²) in [5.74, 6) is -0.374. The molecule has 0 spiro atoms. The van der Waals surface area contributed by atoms with Crippen LogP contribution in [0, 0.1) is 52.3 Å². The average Bonchev–Trinajstić information content (AvgIpc) is 2.88. The van der Waals surface area contributed by atoms with Gasteiger partial charge in [0.1, 0.15) is 12.4 Å². The van der Waals surface area contributed by atoms with Gasteiger partial charge in [0.15, 0.2) is 5.79 Å². The van der Waals surface area contributed by atoms with E-state index >= 15 is 0 Å². The molecule has 4 saturated carbocycles. The van der Waals surface area contributed by atoms with E-state index in [-0.39, 0.29) is 29.1 Å². The molecule has 0 amide bonds. The van der Waals surface area contributed by atoms with Crippen molar-refractivity contribution in [1.29, 1.82) is 0 Å². The SMILES string of the molecule is CC(C=O)CCC[C@@H](C)[C@H]1C(O)(O)C(O)[C@H]2[C@@H]3CCC4CCCC[C@]4(C)[C@H]3CC[C@@]21C. The van der Waals surface area contributed by atoms with E-state index in [1.807, 2.05) is 6.92 Å². The van der Waals surface area contributed by atoms with Gasteiger partial charge in [0.2, 0.25) is 0 Å². The van der Waals surface area contributed by atoms with Crippen LogP contribution in [-0.2, 0) is 4.79 Å². The molecular formula is C27H46O4. The van der Waals surface area contributed by atoms with Gasteiger partial charge in [-0.05, 0) is 85.4 Å². The molecule has 0 aromatic rings. The molecule has 0 saturated heterocycles. The van der Waals surface area contributed by atoms with E-state index in [0.29, 0.717) is 17.3 Å². The van der Waals surface area contributed by atoms with Gasteiger partial charge in [-0.2, -0.15) is 0 Å². The van der Waals surface area contributed by atoms with Gasteiger partial charge < -0.3 is 20.1 Å². The lowest BCUT2D eigenvalue weighted by Crippen LogP contribution is -2.54. The summed E-state index contributed by atoms with van der Waals surface area (Å²) in [5, 5.41) is 33.9. The Morgan fingerprint density at radius 1 is 0.968 bits per heavy atom. The fraction of sp³-hybridized carbons (Fsp3) is 0.963. The molecule has 0 bridgehead atoms. The van der Waals surface area contributed by atoms with E-state index in [2.05, 4.69) is 20.8 Å². The highest BCUT2D eigenvalue weighted by atomic mass is 16.5. The van der Waals surface area contributed by atoms with Crippen LogP contribution in [0.3, 0.4) is 0 Å². The van der Waals surface area contributed by atoms with Crippen LogP contribution in [-0.4, -0.2) is 33.5 Å². The lowest BCUT2D eigenvalue weighted by Gasteiger charge is -2.60. The minimum Gasteiger partial charge on any atom is -0.387 e. The molecule has 4 fully saturated rings. The molecule has 31 heavy (non-hydrogen) atoms. The van der Waals surface area contributed by atoms with Gasteiger partial charge in [-0.3, -0.25) is 0 Å². The Bertz CT molecular complexity index is 662. The van der Waals surface area contributed by atoms with Crippen molar-refractivity contribution >= 4 is 6.29 Å². The molecule has 0 radical (unpaired) electrons. The van der Waals surface area contributed by atoms with Crippen molar-refractivity contribution in [2.75, 3.05) is 0 Å². The molecule has 4 aliphatic rings. The first kappa shape index (κ1) is 23.7. The standard InChI is InChI=1S/C27H46O4/c1-17(16-28)8-7-9-18(2)23-26(4)15-13-21-20(22(26)24(29)27(23,30)31)12-11-19-10-5-6-14-25(19,21)3/h16-24,29-31H,5-15H2,1-4H3/t17?,18-,19?,20-,21+,22-,23-,24?,25+,26+/m1/s1. The number of hydrogen-bond acceptors (Lipinski definition) is 4. The molecule has 4 rings (SSSR count). The van der Waals surface area contributed by atoms with Crippen molar-refractivity contribution in [1.82, 2.24) is 0 Å². The first-order valence-electron chi connectivity index (χ1n) is 13.2. The van der Waals surface area contributed by atoms with Crippen molar-refractivity contribution in [3.63, 3.8) is 0 Å². The van der Waals surface area contributed by atoms with Gasteiger partial charge in [0.25, 0.3) is 0 Å². The predicted octanol–water partition coefficient (Wildman–Crippen LogP) is 4.94. The van der Waals surface area contributed by atoms with Crippen molar-refractivity contribution in [3.05, 3.63) is 0 Å². The quantitative estimate of drug-likeness (QED) is 0.409. The van der Waals surface area contributed by atoms with E-state index in [0.717, 1.165) is 44.3 Å². The molecule has 178 valence electrons. The molecule has 0 heterocycles. The zero-order valence-electron chi connectivity index (χ0n) is 20.2. The maximum absolute atomic E-state index is 11.4. The largest absolute Gasteiger partial charge is 0.387 e. The summed E-state index contributed by atoms with van der Waals surface area (Å²) >= 11 is 0. The summed E-state index contributed by atoms with van der Waals surface area (Å²) in [7, 11) is 0. The third-order valence-corrected chi connectivity index (χ3v) is 10.9. The van der Waals surface area contributed by atoms with Crippen molar-refractivity contribution in [2.24, 2.45) is 52.3 Å². The third kappa shape index (κ3) is 3.64. The smallest absolute Gasteiger partial charge is 0.193 e. The molecule has 3 N–H and O–H groups in total. The highest BCUT2D eigenvalue weighted by Crippen LogP contribution is 2.69. The fourth-order valence-electron chi connectivity index (χ4n) is 9.53. The lowest BCUT2D eigenvalue weighted by molar-refractivity contribution is -0.252. The Morgan fingerprint density at radius 2 is 1.71 bits per heavy atom. The van der Waals surface area contributed by atoms with Gasteiger partial charge in [-0.15, -0.1) is 0 Å². The first-order chi connectivity index (χ1) is 14.6. The summed E-state index contributed by atoms with van der Waals surface area (Å²) in [6.07, 6.45) is 12.4. The zero-order chi connectivity index (χ0) is 22.6.